The van der Waals surface area contributed by atoms with E-state index in [1.807, 2.05) is 0 Å². The highest BCUT2D eigenvalue weighted by molar-refractivity contribution is 5.26. The highest BCUT2D eigenvalue weighted by Crippen LogP contribution is 2.29. The van der Waals surface area contributed by atoms with Gasteiger partial charge in [-0.25, -0.2) is 18.7 Å². The fourth-order valence-electron chi connectivity index (χ4n) is 1.72. The number of nitrogens with zero attached hydrogens (tertiary/aromatic N) is 2. The number of aromatic nitrogens is 2. The number of hydrogen-bond acceptors (Lipinski definition) is 4. The van der Waals surface area contributed by atoms with Crippen LogP contribution in [-0.4, -0.2) is 35.0 Å². The van der Waals surface area contributed by atoms with Gasteiger partial charge in [0.15, 0.2) is 0 Å². The largest absolute Gasteiger partial charge is 0.419 e. The number of nitrogens with one attached hydrogen (secondary N) is 2. The summed E-state index contributed by atoms with van der Waals surface area (Å²) in [4.78, 5) is 6.88. The Morgan fingerprint density at radius 3 is 2.42 bits per heavy atom. The summed E-state index contributed by atoms with van der Waals surface area (Å²) < 4.78 is 63.2. The molecule has 1 aromatic rings. The van der Waals surface area contributed by atoms with E-state index in [1.165, 1.54) is 0 Å². The third-order valence-corrected chi connectivity index (χ3v) is 2.80. The molecule has 106 valence electrons. The molecular weight excluding hydrogens is 271 g/mol. The Morgan fingerprint density at radius 1 is 1.32 bits per heavy atom. The first-order valence-corrected chi connectivity index (χ1v) is 5.53. The van der Waals surface area contributed by atoms with Gasteiger partial charge in [0.2, 0.25) is 5.95 Å². The highest BCUT2D eigenvalue weighted by atomic mass is 19.4. The Kier molecular flexibility index (Phi) is 3.57. The summed E-state index contributed by atoms with van der Waals surface area (Å²) in [6.45, 7) is 0.0472. The average Bonchev–Trinajstić information content (AvgIpc) is 2.65. The maximum atomic E-state index is 13.2. The molecule has 1 saturated heterocycles. The molecule has 0 saturated carbocycles. The Bertz CT molecular complexity index is 431. The van der Waals surface area contributed by atoms with Crippen molar-refractivity contribution in [2.75, 3.05) is 18.4 Å². The normalized spacial score (nSPS) is 22.5. The van der Waals surface area contributed by atoms with Crippen LogP contribution in [0.15, 0.2) is 12.4 Å². The molecule has 0 aromatic carbocycles. The van der Waals surface area contributed by atoms with Crippen molar-refractivity contribution in [2.24, 2.45) is 0 Å². The van der Waals surface area contributed by atoms with Crippen molar-refractivity contribution in [3.05, 3.63) is 18.0 Å². The standard InChI is InChI=1S/C10H11F5N4/c11-9(12)1-2-16-7(9)5-19-8-17-3-6(4-18-8)10(13,14)15/h3-4,7,16H,1-2,5H2,(H,17,18,19). The molecule has 1 aliphatic rings. The molecule has 1 fully saturated rings. The molecule has 2 heterocycles. The van der Waals surface area contributed by atoms with Gasteiger partial charge >= 0.3 is 6.18 Å². The van der Waals surface area contributed by atoms with E-state index >= 15 is 0 Å². The van der Waals surface area contributed by atoms with E-state index in [1.54, 1.807) is 0 Å². The minimum absolute atomic E-state index is 0.113. The predicted octanol–water partition coefficient (Wildman–Crippen LogP) is 1.90. The Morgan fingerprint density at radius 2 is 1.95 bits per heavy atom. The molecule has 0 bridgehead atoms. The molecule has 19 heavy (non-hydrogen) atoms. The van der Waals surface area contributed by atoms with Crippen LogP contribution in [0.5, 0.6) is 0 Å². The molecule has 2 N–H and O–H groups in total. The number of hydrogen-bond donors (Lipinski definition) is 2. The van der Waals surface area contributed by atoms with Crippen molar-refractivity contribution >= 4 is 5.95 Å². The van der Waals surface area contributed by atoms with Crippen molar-refractivity contribution in [1.29, 1.82) is 0 Å². The van der Waals surface area contributed by atoms with Crippen LogP contribution in [0.25, 0.3) is 0 Å². The van der Waals surface area contributed by atoms with Crippen LogP contribution < -0.4 is 10.6 Å². The van der Waals surface area contributed by atoms with Gasteiger partial charge in [-0.3, -0.25) is 0 Å². The zero-order chi connectivity index (χ0) is 14.1. The van der Waals surface area contributed by atoms with E-state index in [2.05, 4.69) is 20.6 Å². The van der Waals surface area contributed by atoms with Crippen LogP contribution >= 0.6 is 0 Å². The van der Waals surface area contributed by atoms with Gasteiger partial charge in [0, 0.05) is 31.9 Å². The molecule has 1 aliphatic heterocycles. The van der Waals surface area contributed by atoms with E-state index in [4.69, 9.17) is 0 Å². The van der Waals surface area contributed by atoms with Gasteiger partial charge in [-0.1, -0.05) is 0 Å². The van der Waals surface area contributed by atoms with E-state index in [0.29, 0.717) is 12.4 Å². The maximum Gasteiger partial charge on any atom is 0.419 e. The monoisotopic (exact) mass is 282 g/mol. The van der Waals surface area contributed by atoms with E-state index < -0.39 is 23.7 Å². The summed E-state index contributed by atoms with van der Waals surface area (Å²) in [6, 6.07) is -1.07. The molecule has 1 aromatic heterocycles. The minimum atomic E-state index is -4.52. The van der Waals surface area contributed by atoms with E-state index in [9.17, 15) is 22.0 Å². The summed E-state index contributed by atoms with van der Waals surface area (Å²) in [5.41, 5.74) is -0.984. The summed E-state index contributed by atoms with van der Waals surface area (Å²) in [5.74, 6) is -2.95. The van der Waals surface area contributed by atoms with E-state index in [-0.39, 0.29) is 25.5 Å². The molecular formula is C10H11F5N4. The molecule has 0 radical (unpaired) electrons. The van der Waals surface area contributed by atoms with Gasteiger partial charge < -0.3 is 10.6 Å². The van der Waals surface area contributed by atoms with E-state index in [0.717, 1.165) is 0 Å². The van der Waals surface area contributed by atoms with Crippen molar-refractivity contribution in [3.8, 4) is 0 Å². The highest BCUT2D eigenvalue weighted by Gasteiger charge is 2.43. The molecule has 2 rings (SSSR count). The topological polar surface area (TPSA) is 49.8 Å². The fourth-order valence-corrected chi connectivity index (χ4v) is 1.72. The third kappa shape index (κ3) is 3.28. The fraction of sp³-hybridized carbons (Fsp3) is 0.600. The maximum absolute atomic E-state index is 13.2. The Labute approximate surface area is 105 Å². The van der Waals surface area contributed by atoms with Gasteiger partial charge in [-0.05, 0) is 0 Å². The minimum Gasteiger partial charge on any atom is -0.352 e. The summed E-state index contributed by atoms with van der Waals surface area (Å²) in [5, 5.41) is 5.09. The number of rotatable bonds is 3. The number of halogens is 5. The molecule has 9 heteroatoms. The molecule has 1 atom stereocenters. The summed E-state index contributed by atoms with van der Waals surface area (Å²) in [7, 11) is 0. The zero-order valence-corrected chi connectivity index (χ0v) is 9.64. The lowest BCUT2D eigenvalue weighted by molar-refractivity contribution is -0.138. The molecule has 4 nitrogen and oxygen atoms in total. The second kappa shape index (κ2) is 4.87. The first kappa shape index (κ1) is 13.9. The summed E-state index contributed by atoms with van der Waals surface area (Å²) in [6.07, 6.45) is -3.56. The van der Waals surface area contributed by atoms with Gasteiger partial charge in [-0.2, -0.15) is 13.2 Å². The smallest absolute Gasteiger partial charge is 0.352 e. The first-order valence-electron chi connectivity index (χ1n) is 5.53. The second-order valence-electron chi connectivity index (χ2n) is 4.19. The Hall–Kier alpha value is -1.51. The van der Waals surface area contributed by atoms with Crippen molar-refractivity contribution < 1.29 is 22.0 Å². The van der Waals surface area contributed by atoms with Crippen LogP contribution in [0.2, 0.25) is 0 Å². The lowest BCUT2D eigenvalue weighted by atomic mass is 10.1. The second-order valence-corrected chi connectivity index (χ2v) is 4.19. The first-order chi connectivity index (χ1) is 8.79. The van der Waals surface area contributed by atoms with Gasteiger partial charge in [0.05, 0.1) is 11.6 Å². The number of anilines is 1. The quantitative estimate of drug-likeness (QED) is 0.831. The molecule has 0 amide bonds. The Balaban J connectivity index is 1.94. The van der Waals surface area contributed by atoms with Crippen LogP contribution in [0.4, 0.5) is 27.9 Å². The van der Waals surface area contributed by atoms with Gasteiger partial charge in [0.1, 0.15) is 0 Å². The van der Waals surface area contributed by atoms with Gasteiger partial charge in [-0.15, -0.1) is 0 Å². The van der Waals surface area contributed by atoms with Crippen LogP contribution in [-0.2, 0) is 6.18 Å². The zero-order valence-electron chi connectivity index (χ0n) is 9.64. The molecule has 1 unspecified atom stereocenters. The van der Waals surface area contributed by atoms with Crippen molar-refractivity contribution in [3.63, 3.8) is 0 Å². The number of alkyl halides is 5. The summed E-state index contributed by atoms with van der Waals surface area (Å²) >= 11 is 0. The van der Waals surface area contributed by atoms with Crippen molar-refractivity contribution in [2.45, 2.75) is 24.6 Å². The van der Waals surface area contributed by atoms with Crippen LogP contribution in [0, 0.1) is 0 Å². The SMILES string of the molecule is FC(F)(F)c1cnc(NCC2NCCC2(F)F)nc1. The van der Waals surface area contributed by atoms with Gasteiger partial charge in [0.25, 0.3) is 5.92 Å². The van der Waals surface area contributed by atoms with Crippen molar-refractivity contribution in [1.82, 2.24) is 15.3 Å². The lowest BCUT2D eigenvalue weighted by Crippen LogP contribution is -2.41. The lowest BCUT2D eigenvalue weighted by Gasteiger charge is -2.19. The average molecular weight is 282 g/mol. The van der Waals surface area contributed by atoms with Crippen LogP contribution in [0.1, 0.15) is 12.0 Å². The molecule has 0 spiro atoms. The van der Waals surface area contributed by atoms with Crippen LogP contribution in [0.3, 0.4) is 0 Å². The molecule has 0 aliphatic carbocycles. The third-order valence-electron chi connectivity index (χ3n) is 2.80. The predicted molar refractivity (Wildman–Crippen MR) is 56.9 cm³/mol.